The van der Waals surface area contributed by atoms with Gasteiger partial charge in [-0.2, -0.15) is 0 Å². The summed E-state index contributed by atoms with van der Waals surface area (Å²) in [5, 5.41) is -0.984. The number of hydrogen-bond donors (Lipinski definition) is 0. The molecule has 4 nitrogen and oxygen atoms in total. The van der Waals surface area contributed by atoms with E-state index in [9.17, 15) is 9.59 Å². The van der Waals surface area contributed by atoms with E-state index in [1.165, 1.54) is 21.1 Å². The first-order valence-corrected chi connectivity index (χ1v) is 3.78. The molecule has 2 atom stereocenters. The minimum atomic E-state index is -0.984. The van der Waals surface area contributed by atoms with E-state index in [0.29, 0.717) is 0 Å². The summed E-state index contributed by atoms with van der Waals surface area (Å²) in [6, 6.07) is 0. The second-order valence-electron chi connectivity index (χ2n) is 2.24. The van der Waals surface area contributed by atoms with E-state index in [4.69, 9.17) is 11.6 Å². The Morgan fingerprint density at radius 1 is 1.17 bits per heavy atom. The topological polar surface area (TPSA) is 52.6 Å². The largest absolute Gasteiger partial charge is 0.469 e. The van der Waals surface area contributed by atoms with Gasteiger partial charge in [0.1, 0.15) is 5.38 Å². The summed E-state index contributed by atoms with van der Waals surface area (Å²) in [4.78, 5) is 21.7. The summed E-state index contributed by atoms with van der Waals surface area (Å²) >= 11 is 5.58. The molecule has 0 aromatic heterocycles. The van der Waals surface area contributed by atoms with Crippen LogP contribution in [0.2, 0.25) is 0 Å². The summed E-state index contributed by atoms with van der Waals surface area (Å²) in [5.41, 5.74) is 0. The van der Waals surface area contributed by atoms with Crippen LogP contribution in [-0.4, -0.2) is 31.5 Å². The van der Waals surface area contributed by atoms with Crippen molar-refractivity contribution in [1.82, 2.24) is 0 Å². The lowest BCUT2D eigenvalue weighted by Gasteiger charge is -2.12. The first-order chi connectivity index (χ1) is 5.54. The second kappa shape index (κ2) is 4.98. The van der Waals surface area contributed by atoms with Crippen molar-refractivity contribution < 1.29 is 19.1 Å². The van der Waals surface area contributed by atoms with Gasteiger partial charge in [-0.15, -0.1) is 11.6 Å². The van der Waals surface area contributed by atoms with E-state index in [1.54, 1.807) is 0 Å². The fourth-order valence-corrected chi connectivity index (χ4v) is 0.814. The molecular weight excluding hydrogens is 184 g/mol. The predicted octanol–water partition coefficient (Wildman–Crippen LogP) is 0.576. The van der Waals surface area contributed by atoms with Gasteiger partial charge in [-0.05, 0) is 6.92 Å². The molecule has 0 bridgehead atoms. The maximum Gasteiger partial charge on any atom is 0.324 e. The van der Waals surface area contributed by atoms with E-state index in [2.05, 4.69) is 9.47 Å². The molecule has 0 saturated carbocycles. The average Bonchev–Trinajstić information content (AvgIpc) is 2.12. The SMILES string of the molecule is COC(=O)C(Cl)[C@@H](C)C(=O)OC. The van der Waals surface area contributed by atoms with Gasteiger partial charge >= 0.3 is 11.9 Å². The Labute approximate surface area is 75.8 Å². The normalized spacial score (nSPS) is 14.7. The quantitative estimate of drug-likeness (QED) is 0.487. The molecule has 0 rings (SSSR count). The highest BCUT2D eigenvalue weighted by atomic mass is 35.5. The van der Waals surface area contributed by atoms with Crippen LogP contribution in [0.25, 0.3) is 0 Å². The van der Waals surface area contributed by atoms with Crippen molar-refractivity contribution >= 4 is 23.5 Å². The molecule has 0 amide bonds. The molecule has 0 aromatic carbocycles. The van der Waals surface area contributed by atoms with Gasteiger partial charge in [0.25, 0.3) is 0 Å². The van der Waals surface area contributed by atoms with Crippen molar-refractivity contribution in [3.05, 3.63) is 0 Å². The number of hydrogen-bond acceptors (Lipinski definition) is 4. The Balaban J connectivity index is 4.18. The molecule has 0 radical (unpaired) electrons. The Kier molecular flexibility index (Phi) is 4.66. The highest BCUT2D eigenvalue weighted by Gasteiger charge is 2.29. The lowest BCUT2D eigenvalue weighted by Crippen LogP contribution is -2.30. The van der Waals surface area contributed by atoms with Gasteiger partial charge in [0.15, 0.2) is 0 Å². The highest BCUT2D eigenvalue weighted by molar-refractivity contribution is 6.31. The first kappa shape index (κ1) is 11.2. The van der Waals surface area contributed by atoms with Crippen molar-refractivity contribution in [2.24, 2.45) is 5.92 Å². The third kappa shape index (κ3) is 2.70. The third-order valence-corrected chi connectivity index (χ3v) is 1.99. The molecule has 70 valence electrons. The zero-order valence-electron chi connectivity index (χ0n) is 7.17. The van der Waals surface area contributed by atoms with E-state index in [1.807, 2.05) is 0 Å². The summed E-state index contributed by atoms with van der Waals surface area (Å²) in [7, 11) is 2.45. The number of alkyl halides is 1. The molecule has 0 N–H and O–H groups in total. The van der Waals surface area contributed by atoms with Crippen LogP contribution in [0.1, 0.15) is 6.92 Å². The Morgan fingerprint density at radius 3 is 1.92 bits per heavy atom. The summed E-state index contributed by atoms with van der Waals surface area (Å²) < 4.78 is 8.75. The van der Waals surface area contributed by atoms with Gasteiger partial charge < -0.3 is 9.47 Å². The van der Waals surface area contributed by atoms with Crippen molar-refractivity contribution in [2.75, 3.05) is 14.2 Å². The second-order valence-corrected chi connectivity index (χ2v) is 2.71. The lowest BCUT2D eigenvalue weighted by molar-refractivity contribution is -0.150. The summed E-state index contributed by atoms with van der Waals surface area (Å²) in [6.45, 7) is 1.50. The van der Waals surface area contributed by atoms with E-state index < -0.39 is 23.2 Å². The number of halogens is 1. The van der Waals surface area contributed by atoms with Gasteiger partial charge in [-0.3, -0.25) is 9.59 Å². The molecule has 0 aliphatic rings. The van der Waals surface area contributed by atoms with Crippen molar-refractivity contribution in [3.63, 3.8) is 0 Å². The molecule has 5 heteroatoms. The molecule has 0 aliphatic carbocycles. The number of carbonyl (C=O) groups excluding carboxylic acids is 2. The molecule has 0 saturated heterocycles. The van der Waals surface area contributed by atoms with Gasteiger partial charge in [0.2, 0.25) is 0 Å². The van der Waals surface area contributed by atoms with Crippen LogP contribution >= 0.6 is 11.6 Å². The number of carbonyl (C=O) groups is 2. The monoisotopic (exact) mass is 194 g/mol. The summed E-state index contributed by atoms with van der Waals surface area (Å²) in [5.74, 6) is -1.85. The van der Waals surface area contributed by atoms with Crippen molar-refractivity contribution in [3.8, 4) is 0 Å². The van der Waals surface area contributed by atoms with E-state index in [0.717, 1.165) is 0 Å². The zero-order valence-corrected chi connectivity index (χ0v) is 7.92. The number of ether oxygens (including phenoxy) is 2. The standard InChI is InChI=1S/C7H11ClO4/c1-4(6(9)11-2)5(8)7(10)12-3/h4-5H,1-3H3/t4-,5?/m1/s1. The third-order valence-electron chi connectivity index (χ3n) is 1.44. The Hall–Kier alpha value is -0.770. The van der Waals surface area contributed by atoms with Crippen LogP contribution in [0.3, 0.4) is 0 Å². The van der Waals surface area contributed by atoms with Crippen LogP contribution in [0, 0.1) is 5.92 Å². The van der Waals surface area contributed by atoms with Crippen molar-refractivity contribution in [2.45, 2.75) is 12.3 Å². The minimum Gasteiger partial charge on any atom is -0.469 e. The fraction of sp³-hybridized carbons (Fsp3) is 0.714. The van der Waals surface area contributed by atoms with E-state index in [-0.39, 0.29) is 0 Å². The molecular formula is C7H11ClO4. The zero-order chi connectivity index (χ0) is 9.72. The molecule has 0 aliphatic heterocycles. The van der Waals surface area contributed by atoms with Crippen LogP contribution in [0.15, 0.2) is 0 Å². The van der Waals surface area contributed by atoms with Crippen LogP contribution in [0.4, 0.5) is 0 Å². The van der Waals surface area contributed by atoms with E-state index >= 15 is 0 Å². The van der Waals surface area contributed by atoms with Gasteiger partial charge in [0, 0.05) is 0 Å². The van der Waals surface area contributed by atoms with Crippen LogP contribution < -0.4 is 0 Å². The smallest absolute Gasteiger partial charge is 0.324 e. The minimum absolute atomic E-state index is 0.527. The van der Waals surface area contributed by atoms with Crippen molar-refractivity contribution in [1.29, 1.82) is 0 Å². The molecule has 0 spiro atoms. The maximum atomic E-state index is 10.9. The van der Waals surface area contributed by atoms with Gasteiger partial charge in [-0.1, -0.05) is 0 Å². The summed E-state index contributed by atoms with van der Waals surface area (Å²) in [6.07, 6.45) is 0. The van der Waals surface area contributed by atoms with Crippen LogP contribution in [-0.2, 0) is 19.1 Å². The predicted molar refractivity (Wildman–Crippen MR) is 42.8 cm³/mol. The lowest BCUT2D eigenvalue weighted by atomic mass is 10.1. The Bertz CT molecular complexity index is 160. The molecule has 1 unspecified atom stereocenters. The number of esters is 2. The highest BCUT2D eigenvalue weighted by Crippen LogP contribution is 2.13. The molecule has 0 fully saturated rings. The van der Waals surface area contributed by atoms with Gasteiger partial charge in [0.05, 0.1) is 20.1 Å². The molecule has 0 aromatic rings. The number of rotatable bonds is 3. The average molecular weight is 195 g/mol. The van der Waals surface area contributed by atoms with Crippen LogP contribution in [0.5, 0.6) is 0 Å². The Morgan fingerprint density at radius 2 is 1.58 bits per heavy atom. The fourth-order valence-electron chi connectivity index (χ4n) is 0.622. The van der Waals surface area contributed by atoms with Gasteiger partial charge in [-0.25, -0.2) is 0 Å². The molecule has 12 heavy (non-hydrogen) atoms. The maximum absolute atomic E-state index is 10.9. The first-order valence-electron chi connectivity index (χ1n) is 3.34. The number of methoxy groups -OCH3 is 2. The molecule has 0 heterocycles.